The number of carboxylic acids is 1. The largest absolute Gasteiger partial charge is 0.476 e. The van der Waals surface area contributed by atoms with Gasteiger partial charge < -0.3 is 5.11 Å². The Morgan fingerprint density at radius 1 is 1.39 bits per heavy atom. The molecule has 1 N–H and O–H groups in total. The quantitative estimate of drug-likeness (QED) is 0.611. The van der Waals surface area contributed by atoms with Crippen molar-refractivity contribution in [3.63, 3.8) is 0 Å². The highest BCUT2D eigenvalue weighted by Crippen LogP contribution is 2.34. The average molecular weight is 313 g/mol. The Balaban J connectivity index is 2.13. The molecule has 116 valence electrons. The number of aromatic nitrogens is 5. The number of halogens is 1. The third-order valence-electron chi connectivity index (χ3n) is 4.00. The molecule has 0 amide bonds. The molecule has 0 unspecified atom stereocenters. The molecule has 0 radical (unpaired) electrons. The molecule has 3 heterocycles. The van der Waals surface area contributed by atoms with Crippen LogP contribution in [0.4, 0.5) is 4.39 Å². The van der Waals surface area contributed by atoms with Crippen molar-refractivity contribution < 1.29 is 14.3 Å². The van der Waals surface area contributed by atoms with Gasteiger partial charge in [0, 0.05) is 5.56 Å². The van der Waals surface area contributed by atoms with Crippen LogP contribution in [0.2, 0.25) is 0 Å². The van der Waals surface area contributed by atoms with Crippen LogP contribution >= 0.6 is 0 Å². The summed E-state index contributed by atoms with van der Waals surface area (Å²) >= 11 is 0. The molecular formula is C15H12FN5O2. The van der Waals surface area contributed by atoms with Gasteiger partial charge in [0.2, 0.25) is 0 Å². The number of benzene rings is 1. The Kier molecular flexibility index (Phi) is 2.80. The third kappa shape index (κ3) is 1.88. The van der Waals surface area contributed by atoms with Crippen molar-refractivity contribution >= 4 is 5.97 Å². The number of aromatic carboxylic acids is 1. The van der Waals surface area contributed by atoms with E-state index in [0.29, 0.717) is 29.2 Å². The van der Waals surface area contributed by atoms with E-state index < -0.39 is 5.97 Å². The van der Waals surface area contributed by atoms with Crippen LogP contribution in [-0.4, -0.2) is 35.4 Å². The normalized spacial score (nSPS) is 12.3. The van der Waals surface area contributed by atoms with E-state index in [2.05, 4.69) is 15.1 Å². The summed E-state index contributed by atoms with van der Waals surface area (Å²) in [6.07, 6.45) is 3.43. The highest BCUT2D eigenvalue weighted by atomic mass is 19.1. The smallest absolute Gasteiger partial charge is 0.356 e. The summed E-state index contributed by atoms with van der Waals surface area (Å²) in [5.74, 6) is -0.963. The first-order valence-corrected chi connectivity index (χ1v) is 7.10. The van der Waals surface area contributed by atoms with Crippen LogP contribution in [0.1, 0.15) is 28.7 Å². The standard InChI is InChI=1S/C15H12FN5O2/c1-2-8-3-9(16)4-10-13(8)20-7-18-12(15(22)23)11(20)5-21-14(10)17-6-19-21/h3-4,6-7H,2,5H2,1H3,(H,22,23). The van der Waals surface area contributed by atoms with Gasteiger partial charge in [-0.1, -0.05) is 6.92 Å². The lowest BCUT2D eigenvalue weighted by Crippen LogP contribution is -2.10. The summed E-state index contributed by atoms with van der Waals surface area (Å²) in [6.45, 7) is 2.12. The van der Waals surface area contributed by atoms with E-state index in [-0.39, 0.29) is 18.1 Å². The van der Waals surface area contributed by atoms with Gasteiger partial charge in [-0.2, -0.15) is 5.10 Å². The molecule has 23 heavy (non-hydrogen) atoms. The molecule has 0 saturated carbocycles. The first-order valence-electron chi connectivity index (χ1n) is 7.10. The van der Waals surface area contributed by atoms with Gasteiger partial charge in [-0.25, -0.2) is 23.8 Å². The number of nitrogens with zero attached hydrogens (tertiary/aromatic N) is 5. The van der Waals surface area contributed by atoms with E-state index in [1.165, 1.54) is 24.8 Å². The monoisotopic (exact) mass is 313 g/mol. The molecular weight excluding hydrogens is 301 g/mol. The molecule has 0 aliphatic carbocycles. The van der Waals surface area contributed by atoms with E-state index in [4.69, 9.17) is 0 Å². The van der Waals surface area contributed by atoms with Crippen LogP contribution in [0.15, 0.2) is 24.8 Å². The molecule has 1 aromatic carbocycles. The highest BCUT2D eigenvalue weighted by molar-refractivity contribution is 5.87. The van der Waals surface area contributed by atoms with Crippen LogP contribution in [0.5, 0.6) is 0 Å². The number of fused-ring (bicyclic) bond motifs is 5. The molecule has 7 nitrogen and oxygen atoms in total. The fraction of sp³-hybridized carbons (Fsp3) is 0.200. The number of imidazole rings is 1. The molecule has 0 atom stereocenters. The Morgan fingerprint density at radius 3 is 2.96 bits per heavy atom. The van der Waals surface area contributed by atoms with Gasteiger partial charge in [0.05, 0.1) is 17.9 Å². The SMILES string of the molecule is CCc1cc(F)cc2c1-n1cnc(C(=O)O)c1Cn1ncnc1-2. The number of carbonyl (C=O) groups is 1. The maximum Gasteiger partial charge on any atom is 0.356 e. The summed E-state index contributed by atoms with van der Waals surface area (Å²) in [6, 6.07) is 2.85. The third-order valence-corrected chi connectivity index (χ3v) is 4.00. The Labute approximate surface area is 130 Å². The van der Waals surface area contributed by atoms with Crippen molar-refractivity contribution in [2.24, 2.45) is 0 Å². The van der Waals surface area contributed by atoms with Crippen LogP contribution in [0.3, 0.4) is 0 Å². The lowest BCUT2D eigenvalue weighted by molar-refractivity contribution is 0.0689. The predicted molar refractivity (Wildman–Crippen MR) is 78.0 cm³/mol. The lowest BCUT2D eigenvalue weighted by atomic mass is 10.0. The van der Waals surface area contributed by atoms with Gasteiger partial charge in [-0.15, -0.1) is 0 Å². The van der Waals surface area contributed by atoms with Crippen molar-refractivity contribution in [2.75, 3.05) is 0 Å². The number of aryl methyl sites for hydroxylation is 1. The molecule has 3 aromatic rings. The lowest BCUT2D eigenvalue weighted by Gasteiger charge is -2.13. The van der Waals surface area contributed by atoms with E-state index >= 15 is 0 Å². The molecule has 0 fully saturated rings. The molecule has 0 saturated heterocycles. The number of rotatable bonds is 2. The first kappa shape index (κ1) is 13.6. The minimum absolute atomic E-state index is 0.0364. The van der Waals surface area contributed by atoms with E-state index in [1.54, 1.807) is 9.25 Å². The van der Waals surface area contributed by atoms with E-state index in [1.807, 2.05) is 6.92 Å². The zero-order valence-electron chi connectivity index (χ0n) is 12.2. The first-order chi connectivity index (χ1) is 11.1. The Morgan fingerprint density at radius 2 is 2.22 bits per heavy atom. The van der Waals surface area contributed by atoms with Gasteiger partial charge in [-0.3, -0.25) is 4.57 Å². The van der Waals surface area contributed by atoms with Crippen molar-refractivity contribution in [3.05, 3.63) is 47.6 Å². The highest BCUT2D eigenvalue weighted by Gasteiger charge is 2.27. The fourth-order valence-corrected chi connectivity index (χ4v) is 3.01. The van der Waals surface area contributed by atoms with Crippen molar-refractivity contribution in [1.82, 2.24) is 24.3 Å². The van der Waals surface area contributed by atoms with Crippen LogP contribution < -0.4 is 0 Å². The Bertz CT molecular complexity index is 943. The summed E-state index contributed by atoms with van der Waals surface area (Å²) in [5, 5.41) is 13.5. The van der Waals surface area contributed by atoms with Crippen molar-refractivity contribution in [1.29, 1.82) is 0 Å². The van der Waals surface area contributed by atoms with Gasteiger partial charge in [0.15, 0.2) is 11.5 Å². The molecule has 2 aromatic heterocycles. The van der Waals surface area contributed by atoms with Crippen LogP contribution in [0, 0.1) is 5.82 Å². The predicted octanol–water partition coefficient (Wildman–Crippen LogP) is 1.89. The van der Waals surface area contributed by atoms with Crippen LogP contribution in [0.25, 0.3) is 17.1 Å². The maximum absolute atomic E-state index is 14.0. The van der Waals surface area contributed by atoms with Gasteiger partial charge >= 0.3 is 5.97 Å². The van der Waals surface area contributed by atoms with Gasteiger partial charge in [0.1, 0.15) is 18.5 Å². The van der Waals surface area contributed by atoms with Crippen molar-refractivity contribution in [2.45, 2.75) is 19.9 Å². The minimum Gasteiger partial charge on any atom is -0.476 e. The van der Waals surface area contributed by atoms with E-state index in [0.717, 1.165) is 5.56 Å². The average Bonchev–Trinajstić information content (AvgIpc) is 3.11. The number of carboxylic acid groups (broad SMARTS) is 1. The van der Waals surface area contributed by atoms with Crippen molar-refractivity contribution in [3.8, 4) is 17.1 Å². The zero-order chi connectivity index (χ0) is 16.1. The second kappa shape index (κ2) is 4.73. The maximum atomic E-state index is 14.0. The van der Waals surface area contributed by atoms with E-state index in [9.17, 15) is 14.3 Å². The summed E-state index contributed by atoms with van der Waals surface area (Å²) in [4.78, 5) is 19.7. The second-order valence-electron chi connectivity index (χ2n) is 5.27. The Hall–Kier alpha value is -3.03. The molecule has 1 aliphatic heterocycles. The molecule has 8 heteroatoms. The molecule has 0 bridgehead atoms. The topological polar surface area (TPSA) is 85.8 Å². The minimum atomic E-state index is -1.11. The van der Waals surface area contributed by atoms with Gasteiger partial charge in [-0.05, 0) is 24.1 Å². The summed E-state index contributed by atoms with van der Waals surface area (Å²) in [5.41, 5.74) is 2.49. The number of hydrogen-bond donors (Lipinski definition) is 1. The fourth-order valence-electron chi connectivity index (χ4n) is 3.01. The van der Waals surface area contributed by atoms with Crippen LogP contribution in [-0.2, 0) is 13.0 Å². The molecule has 1 aliphatic rings. The number of hydrogen-bond acceptors (Lipinski definition) is 4. The second-order valence-corrected chi connectivity index (χ2v) is 5.27. The zero-order valence-corrected chi connectivity index (χ0v) is 12.2. The summed E-state index contributed by atoms with van der Waals surface area (Å²) < 4.78 is 17.3. The van der Waals surface area contributed by atoms with Gasteiger partial charge in [0.25, 0.3) is 0 Å². The summed E-state index contributed by atoms with van der Waals surface area (Å²) in [7, 11) is 0. The molecule has 0 spiro atoms. The molecule has 4 rings (SSSR count).